The van der Waals surface area contributed by atoms with Gasteiger partial charge in [0.15, 0.2) is 0 Å². The number of carbonyl (C=O) groups excluding carboxylic acids is 1. The van der Waals surface area contributed by atoms with Gasteiger partial charge in [-0.2, -0.15) is 0 Å². The lowest BCUT2D eigenvalue weighted by molar-refractivity contribution is 0.102. The van der Waals surface area contributed by atoms with Crippen LogP contribution in [0.25, 0.3) is 10.9 Å². The molecule has 2 aromatic carbocycles. The van der Waals surface area contributed by atoms with E-state index in [0.717, 1.165) is 42.1 Å². The first-order valence-corrected chi connectivity index (χ1v) is 7.96. The van der Waals surface area contributed by atoms with E-state index in [2.05, 4.69) is 5.32 Å². The van der Waals surface area contributed by atoms with E-state index >= 15 is 0 Å². The Bertz CT molecular complexity index is 1070. The van der Waals surface area contributed by atoms with E-state index in [1.807, 2.05) is 10.6 Å². The second-order valence-corrected chi connectivity index (χ2v) is 6.06. The van der Waals surface area contributed by atoms with Gasteiger partial charge in [0.2, 0.25) is 5.43 Å². The normalized spacial score (nSPS) is 13.0. The second kappa shape index (κ2) is 5.81. The van der Waals surface area contributed by atoms with Crippen LogP contribution in [0, 0.1) is 11.6 Å². The van der Waals surface area contributed by atoms with Gasteiger partial charge in [-0.15, -0.1) is 0 Å². The fourth-order valence-corrected chi connectivity index (χ4v) is 3.30. The average Bonchev–Trinajstić information content (AvgIpc) is 2.61. The number of aromatic nitrogens is 1. The molecule has 0 spiro atoms. The van der Waals surface area contributed by atoms with Gasteiger partial charge in [-0.05, 0) is 36.6 Å². The van der Waals surface area contributed by atoms with Crippen molar-refractivity contribution in [1.82, 2.24) is 4.57 Å². The molecule has 0 saturated carbocycles. The first-order chi connectivity index (χ1) is 12.0. The molecular formula is C19H14F2N2O2. The SMILES string of the molecule is O=C(Nc1cc(F)ccc1F)c1cn2c3c(cccc3c1=O)CCC2. The summed E-state index contributed by atoms with van der Waals surface area (Å²) in [6.07, 6.45) is 3.30. The Kier molecular flexibility index (Phi) is 3.60. The Hall–Kier alpha value is -3.02. The molecule has 6 heteroatoms. The lowest BCUT2D eigenvalue weighted by Gasteiger charge is -2.20. The number of hydrogen-bond acceptors (Lipinski definition) is 2. The molecule has 1 aliphatic rings. The first-order valence-electron chi connectivity index (χ1n) is 7.96. The molecule has 2 heterocycles. The third-order valence-corrected chi connectivity index (χ3v) is 4.45. The second-order valence-electron chi connectivity index (χ2n) is 6.06. The minimum absolute atomic E-state index is 0.0878. The molecule has 0 radical (unpaired) electrons. The third-order valence-electron chi connectivity index (χ3n) is 4.45. The lowest BCUT2D eigenvalue weighted by atomic mass is 9.99. The van der Waals surface area contributed by atoms with Crippen molar-refractivity contribution in [1.29, 1.82) is 0 Å². The fourth-order valence-electron chi connectivity index (χ4n) is 3.30. The van der Waals surface area contributed by atoms with E-state index in [-0.39, 0.29) is 11.3 Å². The van der Waals surface area contributed by atoms with Crippen LogP contribution in [0.3, 0.4) is 0 Å². The van der Waals surface area contributed by atoms with E-state index in [1.54, 1.807) is 12.1 Å². The van der Waals surface area contributed by atoms with Gasteiger partial charge in [0.05, 0.1) is 11.2 Å². The molecule has 1 aliphatic heterocycles. The molecule has 4 rings (SSSR count). The summed E-state index contributed by atoms with van der Waals surface area (Å²) in [5.74, 6) is -2.19. The van der Waals surface area contributed by atoms with Gasteiger partial charge in [0.25, 0.3) is 5.91 Å². The lowest BCUT2D eigenvalue weighted by Crippen LogP contribution is -2.25. The molecule has 4 nitrogen and oxygen atoms in total. The van der Waals surface area contributed by atoms with E-state index in [9.17, 15) is 18.4 Å². The summed E-state index contributed by atoms with van der Waals surface area (Å²) in [4.78, 5) is 25.2. The number of amides is 1. The van der Waals surface area contributed by atoms with Crippen molar-refractivity contribution in [3.63, 3.8) is 0 Å². The highest BCUT2D eigenvalue weighted by Crippen LogP contribution is 2.24. The smallest absolute Gasteiger partial charge is 0.261 e. The molecule has 0 atom stereocenters. The van der Waals surface area contributed by atoms with E-state index < -0.39 is 23.0 Å². The quantitative estimate of drug-likeness (QED) is 0.776. The van der Waals surface area contributed by atoms with Crippen molar-refractivity contribution in [3.8, 4) is 0 Å². The Labute approximate surface area is 141 Å². The molecule has 0 saturated heterocycles. The molecule has 126 valence electrons. The minimum atomic E-state index is -0.765. The predicted octanol–water partition coefficient (Wildman–Crippen LogP) is 3.48. The number of aryl methyl sites for hydroxylation is 2. The zero-order valence-corrected chi connectivity index (χ0v) is 13.2. The van der Waals surface area contributed by atoms with Crippen molar-refractivity contribution in [3.05, 3.63) is 75.6 Å². The highest BCUT2D eigenvalue weighted by molar-refractivity contribution is 6.06. The molecule has 1 N–H and O–H groups in total. The van der Waals surface area contributed by atoms with Crippen LogP contribution >= 0.6 is 0 Å². The van der Waals surface area contributed by atoms with Crippen LogP contribution in [-0.4, -0.2) is 10.5 Å². The molecular weight excluding hydrogens is 326 g/mol. The number of hydrogen-bond donors (Lipinski definition) is 1. The van der Waals surface area contributed by atoms with Crippen LogP contribution in [0.4, 0.5) is 14.5 Å². The van der Waals surface area contributed by atoms with Gasteiger partial charge < -0.3 is 9.88 Å². The maximum absolute atomic E-state index is 13.7. The summed E-state index contributed by atoms with van der Waals surface area (Å²) in [6.45, 7) is 0.697. The summed E-state index contributed by atoms with van der Waals surface area (Å²) < 4.78 is 28.9. The fraction of sp³-hybridized carbons (Fsp3) is 0.158. The van der Waals surface area contributed by atoms with Crippen LogP contribution in [0.2, 0.25) is 0 Å². The summed E-state index contributed by atoms with van der Waals surface area (Å²) in [5.41, 5.74) is 1.12. The monoisotopic (exact) mass is 340 g/mol. The van der Waals surface area contributed by atoms with Crippen LogP contribution < -0.4 is 10.7 Å². The number of halogens is 2. The molecule has 1 amide bonds. The zero-order valence-electron chi connectivity index (χ0n) is 13.2. The van der Waals surface area contributed by atoms with Gasteiger partial charge in [-0.1, -0.05) is 12.1 Å². The van der Waals surface area contributed by atoms with Crippen LogP contribution in [0.15, 0.2) is 47.4 Å². The average molecular weight is 340 g/mol. The maximum atomic E-state index is 13.7. The van der Waals surface area contributed by atoms with Gasteiger partial charge in [0.1, 0.15) is 17.2 Å². The molecule has 3 aromatic rings. The summed E-state index contributed by atoms with van der Waals surface area (Å²) in [5, 5.41) is 2.75. The highest BCUT2D eigenvalue weighted by Gasteiger charge is 2.20. The Morgan fingerprint density at radius 3 is 2.84 bits per heavy atom. The van der Waals surface area contributed by atoms with Gasteiger partial charge in [-0.3, -0.25) is 9.59 Å². The van der Waals surface area contributed by atoms with Crippen molar-refractivity contribution >= 4 is 22.5 Å². The summed E-state index contributed by atoms with van der Waals surface area (Å²) in [6, 6.07) is 8.22. The van der Waals surface area contributed by atoms with E-state index in [0.29, 0.717) is 11.9 Å². The predicted molar refractivity (Wildman–Crippen MR) is 90.8 cm³/mol. The number of para-hydroxylation sites is 1. The number of rotatable bonds is 2. The van der Waals surface area contributed by atoms with Gasteiger partial charge in [0, 0.05) is 24.2 Å². The Morgan fingerprint density at radius 1 is 1.16 bits per heavy atom. The largest absolute Gasteiger partial charge is 0.346 e. The van der Waals surface area contributed by atoms with Gasteiger partial charge >= 0.3 is 0 Å². The number of nitrogens with one attached hydrogen (secondary N) is 1. The number of nitrogens with zero attached hydrogens (tertiary/aromatic N) is 1. The third kappa shape index (κ3) is 2.59. The van der Waals surface area contributed by atoms with Crippen molar-refractivity contribution in [2.45, 2.75) is 19.4 Å². The Morgan fingerprint density at radius 2 is 2.00 bits per heavy atom. The molecule has 25 heavy (non-hydrogen) atoms. The molecule has 0 fully saturated rings. The number of benzene rings is 2. The Balaban J connectivity index is 1.82. The van der Waals surface area contributed by atoms with Crippen molar-refractivity contribution in [2.24, 2.45) is 0 Å². The minimum Gasteiger partial charge on any atom is -0.346 e. The van der Waals surface area contributed by atoms with Crippen LogP contribution in [-0.2, 0) is 13.0 Å². The number of anilines is 1. The number of carbonyl (C=O) groups is 1. The molecule has 0 bridgehead atoms. The van der Waals surface area contributed by atoms with Crippen LogP contribution in [0.5, 0.6) is 0 Å². The summed E-state index contributed by atoms with van der Waals surface area (Å²) in [7, 11) is 0. The molecule has 0 unspecified atom stereocenters. The highest BCUT2D eigenvalue weighted by atomic mass is 19.1. The van der Waals surface area contributed by atoms with Crippen LogP contribution in [0.1, 0.15) is 22.3 Å². The van der Waals surface area contributed by atoms with E-state index in [1.165, 1.54) is 6.20 Å². The summed E-state index contributed by atoms with van der Waals surface area (Å²) >= 11 is 0. The topological polar surface area (TPSA) is 51.1 Å². The zero-order chi connectivity index (χ0) is 17.6. The number of pyridine rings is 1. The van der Waals surface area contributed by atoms with E-state index in [4.69, 9.17) is 0 Å². The van der Waals surface area contributed by atoms with Gasteiger partial charge in [-0.25, -0.2) is 8.78 Å². The molecule has 0 aliphatic carbocycles. The maximum Gasteiger partial charge on any atom is 0.261 e. The van der Waals surface area contributed by atoms with Crippen molar-refractivity contribution in [2.75, 3.05) is 5.32 Å². The first kappa shape index (κ1) is 15.5. The molecule has 1 aromatic heterocycles. The van der Waals surface area contributed by atoms with Crippen molar-refractivity contribution < 1.29 is 13.6 Å². The standard InChI is InChI=1S/C19H14F2N2O2/c20-12-6-7-15(21)16(9-12)22-19(25)14-10-23-8-2-4-11-3-1-5-13(17(11)23)18(14)24/h1,3,5-7,9-10H,2,4,8H2,(H,22,25).